The standard InChI is InChI=1S/C6H9BO2.V/c1-5(4-7)6(9)2-3-8;/h2,4,6,8-9H,1,3H2;/q-2;+2/t6-;/m0./s1. The Balaban J connectivity index is 0. The molecule has 0 fully saturated rings. The third kappa shape index (κ3) is 5.00. The van der Waals surface area contributed by atoms with Crippen molar-refractivity contribution < 1.29 is 28.8 Å². The first-order valence-corrected chi connectivity index (χ1v) is 2.58. The third-order valence-electron chi connectivity index (χ3n) is 0.923. The van der Waals surface area contributed by atoms with Crippen LogP contribution in [-0.4, -0.2) is 30.8 Å². The van der Waals surface area contributed by atoms with Gasteiger partial charge in [0, 0.05) is 0 Å². The van der Waals surface area contributed by atoms with Crippen molar-refractivity contribution in [2.75, 3.05) is 6.61 Å². The molecule has 0 saturated carbocycles. The smallest absolute Gasteiger partial charge is 0.428 e. The van der Waals surface area contributed by atoms with Gasteiger partial charge in [0.2, 0.25) is 0 Å². The SMILES string of the molecule is [B][CH-]C(=C)[C@@H](O)[CH-]CO.[V+2]. The summed E-state index contributed by atoms with van der Waals surface area (Å²) in [6, 6.07) is 0. The van der Waals surface area contributed by atoms with E-state index in [2.05, 4.69) is 6.58 Å². The van der Waals surface area contributed by atoms with Crippen LogP contribution in [0.5, 0.6) is 0 Å². The fourth-order valence-corrected chi connectivity index (χ4v) is 0.350. The van der Waals surface area contributed by atoms with Crippen molar-refractivity contribution in [2.45, 2.75) is 6.10 Å². The zero-order valence-corrected chi connectivity index (χ0v) is 6.96. The van der Waals surface area contributed by atoms with Gasteiger partial charge >= 0.3 is 18.6 Å². The average Bonchev–Trinajstić information content (AvgIpc) is 1.87. The minimum atomic E-state index is -0.819. The molecule has 4 heteroatoms. The zero-order valence-electron chi connectivity index (χ0n) is 5.57. The molecule has 0 aromatic rings. The van der Waals surface area contributed by atoms with Crippen LogP contribution in [0.1, 0.15) is 0 Å². The van der Waals surface area contributed by atoms with Crippen molar-refractivity contribution >= 4 is 7.85 Å². The van der Waals surface area contributed by atoms with Gasteiger partial charge in [-0.1, -0.05) is 12.7 Å². The molecule has 0 spiro atoms. The van der Waals surface area contributed by atoms with Crippen LogP contribution >= 0.6 is 0 Å². The molecule has 0 amide bonds. The fourth-order valence-electron chi connectivity index (χ4n) is 0.350. The van der Waals surface area contributed by atoms with E-state index in [1.165, 1.54) is 12.7 Å². The molecule has 0 aliphatic carbocycles. The second-order valence-corrected chi connectivity index (χ2v) is 1.60. The molecule has 10 heavy (non-hydrogen) atoms. The summed E-state index contributed by atoms with van der Waals surface area (Å²) in [5.41, 5.74) is 0.393. The second kappa shape index (κ2) is 7.29. The van der Waals surface area contributed by atoms with E-state index in [-0.39, 0.29) is 25.2 Å². The third-order valence-corrected chi connectivity index (χ3v) is 0.923. The van der Waals surface area contributed by atoms with Crippen LogP contribution < -0.4 is 0 Å². The van der Waals surface area contributed by atoms with Crippen molar-refractivity contribution in [3.63, 3.8) is 0 Å². The van der Waals surface area contributed by atoms with Crippen LogP contribution in [0.2, 0.25) is 0 Å². The summed E-state index contributed by atoms with van der Waals surface area (Å²) in [4.78, 5) is 0. The van der Waals surface area contributed by atoms with Gasteiger partial charge in [0.25, 0.3) is 0 Å². The van der Waals surface area contributed by atoms with Crippen LogP contribution in [0.25, 0.3) is 0 Å². The number of hydrogen-bond donors (Lipinski definition) is 2. The van der Waals surface area contributed by atoms with E-state index in [1.54, 1.807) is 0 Å². The van der Waals surface area contributed by atoms with Crippen molar-refractivity contribution in [3.05, 3.63) is 24.9 Å². The Labute approximate surface area is 74.6 Å². The van der Waals surface area contributed by atoms with E-state index in [0.29, 0.717) is 5.57 Å². The molecule has 0 unspecified atom stereocenters. The van der Waals surface area contributed by atoms with Crippen molar-refractivity contribution in [3.8, 4) is 0 Å². The van der Waals surface area contributed by atoms with Gasteiger partial charge in [0.1, 0.15) is 0 Å². The minimum Gasteiger partial charge on any atom is -0.428 e. The Hall–Kier alpha value is 0.179. The van der Waals surface area contributed by atoms with E-state index in [4.69, 9.17) is 18.1 Å². The Morgan fingerprint density at radius 1 is 1.70 bits per heavy atom. The molecule has 2 nitrogen and oxygen atoms in total. The summed E-state index contributed by atoms with van der Waals surface area (Å²) in [5.74, 6) is 0. The van der Waals surface area contributed by atoms with Gasteiger partial charge in [-0.25, -0.2) is 12.2 Å². The Bertz CT molecular complexity index is 97.7. The zero-order chi connectivity index (χ0) is 7.28. The normalized spacial score (nSPS) is 11.4. The molecular formula is C6H9BO2V. The molecule has 0 aliphatic heterocycles. The Morgan fingerprint density at radius 3 is 2.50 bits per heavy atom. The topological polar surface area (TPSA) is 40.5 Å². The molecule has 0 aromatic heterocycles. The molecule has 3 radical (unpaired) electrons. The monoisotopic (exact) mass is 175 g/mol. The number of hydrogen-bond acceptors (Lipinski definition) is 2. The number of rotatable bonds is 4. The van der Waals surface area contributed by atoms with Crippen LogP contribution in [0.3, 0.4) is 0 Å². The van der Waals surface area contributed by atoms with Crippen LogP contribution in [0.15, 0.2) is 12.2 Å². The summed E-state index contributed by atoms with van der Waals surface area (Å²) in [5, 5.41) is 17.2. The quantitative estimate of drug-likeness (QED) is 0.443. The van der Waals surface area contributed by atoms with Crippen LogP contribution in [-0.2, 0) is 18.6 Å². The first kappa shape index (κ1) is 12.8. The molecule has 1 atom stereocenters. The first-order valence-electron chi connectivity index (χ1n) is 2.58. The van der Waals surface area contributed by atoms with Gasteiger partial charge < -0.3 is 10.2 Å². The Morgan fingerprint density at radius 2 is 2.20 bits per heavy atom. The van der Waals surface area contributed by atoms with E-state index >= 15 is 0 Å². The van der Waals surface area contributed by atoms with Gasteiger partial charge in [-0.3, -0.25) is 12.7 Å². The maximum atomic E-state index is 8.89. The predicted molar refractivity (Wildman–Crippen MR) is 36.6 cm³/mol. The summed E-state index contributed by atoms with van der Waals surface area (Å²) in [6.45, 7) is 3.25. The van der Waals surface area contributed by atoms with Crippen LogP contribution in [0.4, 0.5) is 0 Å². The molecule has 0 heterocycles. The summed E-state index contributed by atoms with van der Waals surface area (Å²) in [6.07, 6.45) is 1.68. The molecule has 0 saturated heterocycles. The minimum absolute atomic E-state index is 0. The largest absolute Gasteiger partial charge is 2.00 e. The molecular weight excluding hydrogens is 166 g/mol. The molecule has 0 aromatic carbocycles. The van der Waals surface area contributed by atoms with Gasteiger partial charge in [-0.05, 0) is 7.85 Å². The van der Waals surface area contributed by atoms with Gasteiger partial charge in [-0.15, -0.1) is 0 Å². The van der Waals surface area contributed by atoms with E-state index < -0.39 is 6.10 Å². The number of aliphatic hydroxyl groups excluding tert-OH is 2. The fraction of sp³-hybridized carbons (Fsp3) is 0.333. The van der Waals surface area contributed by atoms with E-state index in [1.807, 2.05) is 0 Å². The summed E-state index contributed by atoms with van der Waals surface area (Å²) >= 11 is 0. The van der Waals surface area contributed by atoms with Crippen molar-refractivity contribution in [2.24, 2.45) is 0 Å². The van der Waals surface area contributed by atoms with Crippen LogP contribution in [0, 0.1) is 12.7 Å². The summed E-state index contributed by atoms with van der Waals surface area (Å²) < 4.78 is 0. The van der Waals surface area contributed by atoms with Gasteiger partial charge in [-0.2, -0.15) is 0 Å². The van der Waals surface area contributed by atoms with E-state index in [9.17, 15) is 0 Å². The van der Waals surface area contributed by atoms with Gasteiger partial charge in [0.05, 0.1) is 0 Å². The Kier molecular flexibility index (Phi) is 9.34. The van der Waals surface area contributed by atoms with E-state index in [0.717, 1.165) is 0 Å². The first-order chi connectivity index (χ1) is 4.22. The average molecular weight is 175 g/mol. The maximum Gasteiger partial charge on any atom is 2.00 e. The second-order valence-electron chi connectivity index (χ2n) is 1.60. The molecule has 0 bridgehead atoms. The maximum absolute atomic E-state index is 8.89. The van der Waals surface area contributed by atoms with Crippen molar-refractivity contribution in [1.29, 1.82) is 0 Å². The molecule has 0 aliphatic rings. The predicted octanol–water partition coefficient (Wildman–Crippen LogP) is -0.572. The molecule has 2 N–H and O–H groups in total. The van der Waals surface area contributed by atoms with Crippen molar-refractivity contribution in [1.82, 2.24) is 0 Å². The molecule has 0 rings (SSSR count). The molecule has 53 valence electrons. The number of aliphatic hydroxyl groups is 2. The van der Waals surface area contributed by atoms with Gasteiger partial charge in [0.15, 0.2) is 0 Å². The summed E-state index contributed by atoms with van der Waals surface area (Å²) in [7, 11) is 5.02.